The Kier molecular flexibility index (Phi) is 4.06. The monoisotopic (exact) mass is 286 g/mol. The molecule has 16 heavy (non-hydrogen) atoms. The van der Waals surface area contributed by atoms with Gasteiger partial charge in [-0.1, -0.05) is 0 Å². The quantitative estimate of drug-likeness (QED) is 0.682. The molecule has 0 saturated carbocycles. The van der Waals surface area contributed by atoms with Crippen molar-refractivity contribution in [1.29, 1.82) is 0 Å². The number of Topliss-reactive ketones (excluding diaryl/α,β-unsaturated/α-hetero) is 1. The molecular weight excluding hydrogens is 276 g/mol. The summed E-state index contributed by atoms with van der Waals surface area (Å²) in [6.07, 6.45) is 0. The zero-order chi connectivity index (χ0) is 12.3. The van der Waals surface area contributed by atoms with Gasteiger partial charge in [0, 0.05) is 5.56 Å². The van der Waals surface area contributed by atoms with Crippen LogP contribution < -0.4 is 4.74 Å². The van der Waals surface area contributed by atoms with Crippen LogP contribution in [0.25, 0.3) is 0 Å². The summed E-state index contributed by atoms with van der Waals surface area (Å²) in [6.45, 7) is 1.36. The van der Waals surface area contributed by atoms with Crippen LogP contribution in [0.1, 0.15) is 17.3 Å². The number of hydrogen-bond donors (Lipinski definition) is 1. The molecule has 4 nitrogen and oxygen atoms in total. The number of benzene rings is 1. The van der Waals surface area contributed by atoms with Gasteiger partial charge < -0.3 is 9.84 Å². The second-order valence-electron chi connectivity index (χ2n) is 3.27. The highest BCUT2D eigenvalue weighted by Crippen LogP contribution is 2.26. The van der Waals surface area contributed by atoms with Crippen LogP contribution in [0.15, 0.2) is 22.7 Å². The molecule has 0 aromatic heterocycles. The van der Waals surface area contributed by atoms with Crippen LogP contribution in [0.2, 0.25) is 0 Å². The van der Waals surface area contributed by atoms with E-state index in [0.717, 1.165) is 0 Å². The molecule has 0 aliphatic rings. The molecule has 1 N–H and O–H groups in total. The van der Waals surface area contributed by atoms with Crippen LogP contribution in [0.4, 0.5) is 0 Å². The van der Waals surface area contributed by atoms with Crippen molar-refractivity contribution >= 4 is 27.7 Å². The summed E-state index contributed by atoms with van der Waals surface area (Å²) in [4.78, 5) is 22.4. The normalized spacial score (nSPS) is 11.9. The van der Waals surface area contributed by atoms with E-state index in [2.05, 4.69) is 15.9 Å². The lowest BCUT2D eigenvalue weighted by Crippen LogP contribution is -2.20. The van der Waals surface area contributed by atoms with Crippen molar-refractivity contribution in [3.63, 3.8) is 0 Å². The number of carbonyl (C=O) groups is 2. The van der Waals surface area contributed by atoms with E-state index in [9.17, 15) is 9.59 Å². The fraction of sp³-hybridized carbons (Fsp3) is 0.273. The molecule has 1 aromatic rings. The van der Waals surface area contributed by atoms with Crippen LogP contribution in [0.3, 0.4) is 0 Å². The molecule has 86 valence electrons. The number of carbonyl (C=O) groups excluding carboxylic acids is 1. The molecule has 0 spiro atoms. The van der Waals surface area contributed by atoms with Crippen molar-refractivity contribution < 1.29 is 19.4 Å². The third-order valence-electron chi connectivity index (χ3n) is 2.20. The average molecular weight is 287 g/mol. The van der Waals surface area contributed by atoms with E-state index >= 15 is 0 Å². The van der Waals surface area contributed by atoms with Gasteiger partial charge in [0.1, 0.15) is 11.7 Å². The van der Waals surface area contributed by atoms with E-state index in [4.69, 9.17) is 9.84 Å². The third-order valence-corrected chi connectivity index (χ3v) is 2.82. The molecule has 0 radical (unpaired) electrons. The predicted octanol–water partition coefficient (Wildman–Crippen LogP) is 2.36. The number of methoxy groups -OCH3 is 1. The van der Waals surface area contributed by atoms with Crippen LogP contribution in [-0.2, 0) is 4.79 Å². The average Bonchev–Trinajstić information content (AvgIpc) is 2.26. The Morgan fingerprint density at radius 3 is 2.50 bits per heavy atom. The zero-order valence-electron chi connectivity index (χ0n) is 8.86. The highest BCUT2D eigenvalue weighted by Gasteiger charge is 2.22. The molecule has 0 heterocycles. The van der Waals surface area contributed by atoms with Gasteiger partial charge in [0.2, 0.25) is 0 Å². The lowest BCUT2D eigenvalue weighted by molar-refractivity contribution is -0.139. The Balaban J connectivity index is 3.02. The first kappa shape index (κ1) is 12.7. The number of carboxylic acid groups (broad SMARTS) is 1. The Hall–Kier alpha value is -1.36. The van der Waals surface area contributed by atoms with Crippen molar-refractivity contribution in [2.45, 2.75) is 6.92 Å². The lowest BCUT2D eigenvalue weighted by atomic mass is 10.00. The summed E-state index contributed by atoms with van der Waals surface area (Å²) >= 11 is 3.24. The molecule has 1 atom stereocenters. The standard InChI is InChI=1S/C11H11BrO4/c1-6(11(14)15)10(13)7-3-4-9(16-2)8(12)5-7/h3-6H,1-2H3,(H,14,15). The van der Waals surface area contributed by atoms with E-state index < -0.39 is 17.7 Å². The number of ether oxygens (including phenoxy) is 1. The van der Waals surface area contributed by atoms with Crippen LogP contribution in [0, 0.1) is 5.92 Å². The highest BCUT2D eigenvalue weighted by atomic mass is 79.9. The van der Waals surface area contributed by atoms with E-state index in [0.29, 0.717) is 15.8 Å². The van der Waals surface area contributed by atoms with Crippen LogP contribution in [0.5, 0.6) is 5.75 Å². The summed E-state index contributed by atoms with van der Waals surface area (Å²) in [5.74, 6) is -1.99. The van der Waals surface area contributed by atoms with E-state index in [1.807, 2.05) is 0 Å². The maximum absolute atomic E-state index is 11.7. The number of hydrogen-bond acceptors (Lipinski definition) is 3. The molecule has 0 amide bonds. The van der Waals surface area contributed by atoms with Crippen molar-refractivity contribution in [3.05, 3.63) is 28.2 Å². The van der Waals surface area contributed by atoms with Crippen LogP contribution >= 0.6 is 15.9 Å². The number of ketones is 1. The Morgan fingerprint density at radius 2 is 2.06 bits per heavy atom. The van der Waals surface area contributed by atoms with Gasteiger partial charge in [0.25, 0.3) is 0 Å². The summed E-state index contributed by atoms with van der Waals surface area (Å²) in [7, 11) is 1.52. The third kappa shape index (κ3) is 2.61. The minimum atomic E-state index is -1.13. The van der Waals surface area contributed by atoms with E-state index in [1.165, 1.54) is 14.0 Å². The molecule has 0 aliphatic carbocycles. The van der Waals surface area contributed by atoms with Crippen molar-refractivity contribution in [2.75, 3.05) is 7.11 Å². The van der Waals surface area contributed by atoms with Crippen molar-refractivity contribution in [3.8, 4) is 5.75 Å². The topological polar surface area (TPSA) is 63.6 Å². The molecule has 0 aliphatic heterocycles. The van der Waals surface area contributed by atoms with Gasteiger partial charge >= 0.3 is 5.97 Å². The summed E-state index contributed by atoms with van der Waals surface area (Å²) in [5, 5.41) is 8.73. The molecule has 1 unspecified atom stereocenters. The Labute approximate surface area is 101 Å². The Bertz CT molecular complexity index is 428. The van der Waals surface area contributed by atoms with Gasteiger partial charge in [-0.05, 0) is 41.1 Å². The molecule has 1 aromatic carbocycles. The van der Waals surface area contributed by atoms with Gasteiger partial charge in [-0.2, -0.15) is 0 Å². The molecule has 0 bridgehead atoms. The summed E-state index contributed by atoms with van der Waals surface area (Å²) in [5.41, 5.74) is 0.350. The van der Waals surface area contributed by atoms with Gasteiger partial charge in [-0.25, -0.2) is 0 Å². The number of aliphatic carboxylic acids is 1. The van der Waals surface area contributed by atoms with Crippen molar-refractivity contribution in [2.24, 2.45) is 5.92 Å². The SMILES string of the molecule is COc1ccc(C(=O)C(C)C(=O)O)cc1Br. The zero-order valence-corrected chi connectivity index (χ0v) is 10.4. The molecule has 5 heteroatoms. The number of carboxylic acids is 1. The number of rotatable bonds is 4. The highest BCUT2D eigenvalue weighted by molar-refractivity contribution is 9.10. The summed E-state index contributed by atoms with van der Waals surface area (Å²) in [6, 6.07) is 4.72. The minimum Gasteiger partial charge on any atom is -0.496 e. The van der Waals surface area contributed by atoms with Gasteiger partial charge in [-0.15, -0.1) is 0 Å². The van der Waals surface area contributed by atoms with E-state index in [1.54, 1.807) is 18.2 Å². The van der Waals surface area contributed by atoms with Gasteiger partial charge in [-0.3, -0.25) is 9.59 Å². The maximum atomic E-state index is 11.7. The van der Waals surface area contributed by atoms with Crippen LogP contribution in [-0.4, -0.2) is 24.0 Å². The maximum Gasteiger partial charge on any atom is 0.314 e. The first-order valence-electron chi connectivity index (χ1n) is 4.58. The van der Waals surface area contributed by atoms with Crippen molar-refractivity contribution in [1.82, 2.24) is 0 Å². The molecule has 0 saturated heterocycles. The van der Waals surface area contributed by atoms with E-state index in [-0.39, 0.29) is 0 Å². The Morgan fingerprint density at radius 1 is 1.44 bits per heavy atom. The largest absolute Gasteiger partial charge is 0.496 e. The first-order valence-corrected chi connectivity index (χ1v) is 5.37. The molecule has 0 fully saturated rings. The fourth-order valence-electron chi connectivity index (χ4n) is 1.18. The summed E-state index contributed by atoms with van der Waals surface area (Å²) < 4.78 is 5.64. The fourth-order valence-corrected chi connectivity index (χ4v) is 1.72. The second-order valence-corrected chi connectivity index (χ2v) is 4.13. The van der Waals surface area contributed by atoms with Gasteiger partial charge in [0.15, 0.2) is 5.78 Å². The number of halogens is 1. The molecular formula is C11H11BrO4. The van der Waals surface area contributed by atoms with Gasteiger partial charge in [0.05, 0.1) is 11.6 Å². The second kappa shape index (κ2) is 5.12. The smallest absolute Gasteiger partial charge is 0.314 e. The predicted molar refractivity (Wildman–Crippen MR) is 61.8 cm³/mol. The lowest BCUT2D eigenvalue weighted by Gasteiger charge is -2.08. The molecule has 1 rings (SSSR count). The first-order chi connectivity index (χ1) is 7.47. The minimum absolute atomic E-state index is 0.350.